The molecule has 1 atom stereocenters. The van der Waals surface area contributed by atoms with Crippen molar-refractivity contribution in [2.75, 3.05) is 11.5 Å². The summed E-state index contributed by atoms with van der Waals surface area (Å²) in [6, 6.07) is 11.0. The first-order valence-electron chi connectivity index (χ1n) is 11.3. The molecule has 0 saturated carbocycles. The number of rotatable bonds is 4. The van der Waals surface area contributed by atoms with Crippen molar-refractivity contribution in [2.45, 2.75) is 25.6 Å². The highest BCUT2D eigenvalue weighted by molar-refractivity contribution is 7.91. The average Bonchev–Trinajstić information content (AvgIpc) is 3.35. The van der Waals surface area contributed by atoms with Crippen molar-refractivity contribution in [1.29, 1.82) is 0 Å². The maximum atomic E-state index is 13.2. The van der Waals surface area contributed by atoms with E-state index in [0.717, 1.165) is 12.1 Å². The lowest BCUT2D eigenvalue weighted by molar-refractivity contribution is -0.137. The molecule has 7 nitrogen and oxygen atoms in total. The molecule has 1 aliphatic heterocycles. The van der Waals surface area contributed by atoms with Gasteiger partial charge in [-0.25, -0.2) is 17.9 Å². The van der Waals surface area contributed by atoms with Crippen molar-refractivity contribution >= 4 is 33.0 Å². The Hall–Kier alpha value is -3.44. The topological polar surface area (TPSA) is 93.4 Å². The van der Waals surface area contributed by atoms with E-state index in [4.69, 9.17) is 11.6 Å². The second-order valence-corrected chi connectivity index (χ2v) is 11.5. The highest BCUT2D eigenvalue weighted by atomic mass is 35.5. The Bertz CT molecular complexity index is 1630. The Labute approximate surface area is 215 Å². The number of nitrogens with zero attached hydrogens (tertiary/aromatic N) is 3. The van der Waals surface area contributed by atoms with Gasteiger partial charge in [0.25, 0.3) is 5.91 Å². The van der Waals surface area contributed by atoms with Crippen LogP contribution in [-0.4, -0.2) is 46.5 Å². The van der Waals surface area contributed by atoms with E-state index in [-0.39, 0.29) is 22.7 Å². The highest BCUT2D eigenvalue weighted by Crippen LogP contribution is 2.38. The lowest BCUT2D eigenvalue weighted by Gasteiger charge is -2.15. The van der Waals surface area contributed by atoms with E-state index in [1.54, 1.807) is 31.2 Å². The molecule has 0 unspecified atom stereocenters. The van der Waals surface area contributed by atoms with Crippen molar-refractivity contribution in [3.8, 4) is 22.4 Å². The number of benzene rings is 2. The molecule has 0 radical (unpaired) electrons. The number of amides is 1. The predicted molar refractivity (Wildman–Crippen MR) is 133 cm³/mol. The Balaban J connectivity index is 1.67. The van der Waals surface area contributed by atoms with Gasteiger partial charge in [-0.15, -0.1) is 0 Å². The molecule has 2 aromatic carbocycles. The number of halogens is 4. The number of nitrogens with one attached hydrogen (secondary N) is 1. The van der Waals surface area contributed by atoms with E-state index in [9.17, 15) is 26.4 Å². The quantitative estimate of drug-likeness (QED) is 0.389. The molecule has 1 N–H and O–H groups in total. The van der Waals surface area contributed by atoms with Gasteiger partial charge in [0.1, 0.15) is 5.56 Å². The fraction of sp³-hybridized carbons (Fsp3) is 0.240. The van der Waals surface area contributed by atoms with Crippen LogP contribution in [-0.2, 0) is 16.0 Å². The summed E-state index contributed by atoms with van der Waals surface area (Å²) < 4.78 is 64.7. The van der Waals surface area contributed by atoms with Crippen LogP contribution in [0.1, 0.15) is 28.0 Å². The molecule has 1 fully saturated rings. The minimum atomic E-state index is -4.50. The maximum absolute atomic E-state index is 13.2. The fourth-order valence-electron chi connectivity index (χ4n) is 4.49. The number of fused-ring (bicyclic) bond motifs is 1. The minimum Gasteiger partial charge on any atom is -0.348 e. The third kappa shape index (κ3) is 4.80. The van der Waals surface area contributed by atoms with E-state index < -0.39 is 33.5 Å². The second kappa shape index (κ2) is 9.14. The van der Waals surface area contributed by atoms with Gasteiger partial charge in [0.2, 0.25) is 0 Å². The third-order valence-electron chi connectivity index (χ3n) is 6.26. The van der Waals surface area contributed by atoms with Gasteiger partial charge >= 0.3 is 6.18 Å². The smallest absolute Gasteiger partial charge is 0.348 e. The van der Waals surface area contributed by atoms with Crippen LogP contribution in [0.15, 0.2) is 54.7 Å². The molecule has 4 aromatic rings. The zero-order chi connectivity index (χ0) is 26.5. The zero-order valence-electron chi connectivity index (χ0n) is 19.4. The van der Waals surface area contributed by atoms with Gasteiger partial charge in [0.15, 0.2) is 15.5 Å². The number of carbonyl (C=O) groups excluding carboxylic acids is 1. The molecule has 5 rings (SSSR count). The lowest BCUT2D eigenvalue weighted by Crippen LogP contribution is -2.35. The third-order valence-corrected chi connectivity index (χ3v) is 8.36. The van der Waals surface area contributed by atoms with Crippen LogP contribution in [0.2, 0.25) is 5.02 Å². The molecule has 1 saturated heterocycles. The van der Waals surface area contributed by atoms with Gasteiger partial charge in [-0.3, -0.25) is 4.79 Å². The fourth-order valence-corrected chi connectivity index (χ4v) is 6.41. The first-order valence-corrected chi connectivity index (χ1v) is 13.5. The molecule has 1 aliphatic rings. The SMILES string of the molecule is Cc1nn2c(-c3ccc(C(F)(F)F)cc3)c(-c3ccccc3Cl)cnc2c1C(=O)N[C@@H]1CCS(=O)(=O)C1. The zero-order valence-corrected chi connectivity index (χ0v) is 21.0. The Kier molecular flexibility index (Phi) is 6.23. The van der Waals surface area contributed by atoms with Crippen LogP contribution in [0.25, 0.3) is 28.0 Å². The van der Waals surface area contributed by atoms with E-state index in [0.29, 0.717) is 39.5 Å². The van der Waals surface area contributed by atoms with Crippen molar-refractivity contribution in [3.63, 3.8) is 0 Å². The van der Waals surface area contributed by atoms with E-state index in [1.807, 2.05) is 0 Å². The van der Waals surface area contributed by atoms with Crippen molar-refractivity contribution < 1.29 is 26.4 Å². The van der Waals surface area contributed by atoms with E-state index in [1.165, 1.54) is 22.8 Å². The first kappa shape index (κ1) is 25.2. The molecule has 3 heterocycles. The summed E-state index contributed by atoms with van der Waals surface area (Å²) in [6.07, 6.45) is -2.69. The standard InChI is InChI=1S/C25H20ClF3N4O3S/c1-14-21(24(34)31-17-10-11-37(35,36)13-17)23-30-12-19(18-4-2-3-5-20(18)26)22(33(23)32-14)15-6-8-16(9-7-15)25(27,28)29/h2-9,12,17H,10-11,13H2,1H3,(H,31,34)/t17-/m1/s1. The number of hydrogen-bond donors (Lipinski definition) is 1. The Morgan fingerprint density at radius 3 is 2.43 bits per heavy atom. The number of aryl methyl sites for hydroxylation is 1. The highest BCUT2D eigenvalue weighted by Gasteiger charge is 2.32. The molecule has 192 valence electrons. The molecule has 2 aromatic heterocycles. The number of carbonyl (C=O) groups is 1. The van der Waals surface area contributed by atoms with Crippen LogP contribution < -0.4 is 5.32 Å². The van der Waals surface area contributed by atoms with Crippen molar-refractivity contribution in [1.82, 2.24) is 19.9 Å². The van der Waals surface area contributed by atoms with Crippen LogP contribution in [0.3, 0.4) is 0 Å². The summed E-state index contributed by atoms with van der Waals surface area (Å²) in [5, 5.41) is 7.67. The van der Waals surface area contributed by atoms with Crippen LogP contribution in [0.4, 0.5) is 13.2 Å². The second-order valence-electron chi connectivity index (χ2n) is 8.84. The number of hydrogen-bond acceptors (Lipinski definition) is 5. The molecule has 0 spiro atoms. The molecular weight excluding hydrogens is 529 g/mol. The summed E-state index contributed by atoms with van der Waals surface area (Å²) in [7, 11) is -3.20. The molecule has 0 bridgehead atoms. The summed E-state index contributed by atoms with van der Waals surface area (Å²) in [4.78, 5) is 17.6. The number of aromatic nitrogens is 3. The largest absolute Gasteiger partial charge is 0.416 e. The van der Waals surface area contributed by atoms with E-state index in [2.05, 4.69) is 15.4 Å². The summed E-state index contributed by atoms with van der Waals surface area (Å²) in [5.74, 6) is -0.660. The summed E-state index contributed by atoms with van der Waals surface area (Å²) in [5.41, 5.74) is 1.77. The van der Waals surface area contributed by atoms with Gasteiger partial charge in [-0.1, -0.05) is 41.9 Å². The Morgan fingerprint density at radius 2 is 1.81 bits per heavy atom. The van der Waals surface area contributed by atoms with Gasteiger partial charge in [-0.05, 0) is 31.5 Å². The van der Waals surface area contributed by atoms with Crippen LogP contribution in [0.5, 0.6) is 0 Å². The van der Waals surface area contributed by atoms with Crippen LogP contribution >= 0.6 is 11.6 Å². The first-order chi connectivity index (χ1) is 17.4. The average molecular weight is 549 g/mol. The number of alkyl halides is 3. The monoisotopic (exact) mass is 548 g/mol. The summed E-state index contributed by atoms with van der Waals surface area (Å²) in [6.45, 7) is 1.61. The maximum Gasteiger partial charge on any atom is 0.416 e. The summed E-state index contributed by atoms with van der Waals surface area (Å²) >= 11 is 6.44. The van der Waals surface area contributed by atoms with E-state index >= 15 is 0 Å². The Morgan fingerprint density at radius 1 is 1.11 bits per heavy atom. The molecule has 37 heavy (non-hydrogen) atoms. The van der Waals surface area contributed by atoms with Crippen molar-refractivity contribution in [3.05, 3.63) is 76.6 Å². The normalized spacial score (nSPS) is 17.3. The molecular formula is C25H20ClF3N4O3S. The minimum absolute atomic E-state index is 0.00318. The molecule has 1 amide bonds. The van der Waals surface area contributed by atoms with Gasteiger partial charge in [0.05, 0.1) is 28.5 Å². The molecule has 0 aliphatic carbocycles. The lowest BCUT2D eigenvalue weighted by atomic mass is 9.99. The van der Waals surface area contributed by atoms with Crippen molar-refractivity contribution in [2.24, 2.45) is 0 Å². The van der Waals surface area contributed by atoms with Gasteiger partial charge in [0, 0.05) is 34.0 Å². The van der Waals surface area contributed by atoms with Gasteiger partial charge in [-0.2, -0.15) is 18.3 Å². The van der Waals surface area contributed by atoms with Gasteiger partial charge < -0.3 is 5.32 Å². The molecule has 12 heteroatoms. The predicted octanol–water partition coefficient (Wildman–Crippen LogP) is 4.96. The number of sulfone groups is 1. The van der Waals surface area contributed by atoms with Crippen LogP contribution in [0, 0.1) is 6.92 Å².